The van der Waals surface area contributed by atoms with Crippen molar-refractivity contribution in [2.75, 3.05) is 17.7 Å². The average Bonchev–Trinajstić information content (AvgIpc) is 2.97. The minimum absolute atomic E-state index is 0.211. The van der Waals surface area contributed by atoms with E-state index in [1.807, 2.05) is 13.0 Å². The lowest BCUT2D eigenvalue weighted by Crippen LogP contribution is -2.34. The number of rotatable bonds is 4. The number of aromatic nitrogens is 1. The highest BCUT2D eigenvalue weighted by Crippen LogP contribution is 2.46. The summed E-state index contributed by atoms with van der Waals surface area (Å²) in [5, 5.41) is 3.40. The van der Waals surface area contributed by atoms with Crippen LogP contribution in [0.3, 0.4) is 0 Å². The number of allylic oxidation sites excluding steroid dienone is 2. The van der Waals surface area contributed by atoms with Crippen LogP contribution in [0.4, 0.5) is 10.1 Å². The maximum absolute atomic E-state index is 15.5. The minimum Gasteiger partial charge on any atom is -0.489 e. The van der Waals surface area contributed by atoms with Gasteiger partial charge in [-0.2, -0.15) is 0 Å². The van der Waals surface area contributed by atoms with Crippen LogP contribution >= 0.6 is 0 Å². The van der Waals surface area contributed by atoms with Gasteiger partial charge in [0.15, 0.2) is 5.58 Å². The van der Waals surface area contributed by atoms with Gasteiger partial charge in [-0.25, -0.2) is 9.18 Å². The second-order valence-corrected chi connectivity index (χ2v) is 10.9. The monoisotopic (exact) mass is 468 g/mol. The largest absolute Gasteiger partial charge is 0.489 e. The van der Waals surface area contributed by atoms with Gasteiger partial charge in [0.05, 0.1) is 21.4 Å². The van der Waals surface area contributed by atoms with Crippen LogP contribution in [0.15, 0.2) is 68.4 Å². The maximum Gasteiger partial charge on any atom is 0.420 e. The maximum atomic E-state index is 15.5. The van der Waals surface area contributed by atoms with Crippen LogP contribution in [0.25, 0.3) is 11.1 Å². The number of nitrogens with zero attached hydrogens (tertiary/aromatic N) is 1. The first-order chi connectivity index (χ1) is 15.6. The molecule has 6 nitrogen and oxygen atoms in total. The molecule has 0 bridgehead atoms. The highest BCUT2D eigenvalue weighted by Gasteiger charge is 2.41. The van der Waals surface area contributed by atoms with Crippen molar-refractivity contribution in [2.24, 2.45) is 5.41 Å². The van der Waals surface area contributed by atoms with Crippen LogP contribution < -0.4 is 15.8 Å². The topological polar surface area (TPSA) is 73.5 Å². The van der Waals surface area contributed by atoms with E-state index in [0.29, 0.717) is 39.6 Å². The third kappa shape index (κ3) is 3.72. The van der Waals surface area contributed by atoms with E-state index in [-0.39, 0.29) is 17.6 Å². The summed E-state index contributed by atoms with van der Waals surface area (Å²) >= 11 is 0. The van der Waals surface area contributed by atoms with Gasteiger partial charge in [-0.1, -0.05) is 26.5 Å². The van der Waals surface area contributed by atoms with Gasteiger partial charge in [-0.3, -0.25) is 8.78 Å². The molecule has 2 unspecified atom stereocenters. The molecule has 33 heavy (non-hydrogen) atoms. The van der Waals surface area contributed by atoms with E-state index in [4.69, 9.17) is 9.15 Å². The van der Waals surface area contributed by atoms with Crippen LogP contribution in [0.5, 0.6) is 5.75 Å². The first kappa shape index (κ1) is 21.7. The molecule has 1 aromatic heterocycles. The van der Waals surface area contributed by atoms with Gasteiger partial charge in [0.25, 0.3) is 0 Å². The van der Waals surface area contributed by atoms with E-state index in [0.717, 1.165) is 11.3 Å². The Morgan fingerprint density at radius 2 is 2.15 bits per heavy atom. The molecule has 172 valence electrons. The van der Waals surface area contributed by atoms with Gasteiger partial charge < -0.3 is 14.5 Å². The molecule has 0 saturated carbocycles. The van der Waals surface area contributed by atoms with Crippen LogP contribution in [0.1, 0.15) is 38.8 Å². The van der Waals surface area contributed by atoms with Gasteiger partial charge in [0.2, 0.25) is 0 Å². The molecular formula is C25H25FN2O4S. The zero-order chi connectivity index (χ0) is 23.5. The molecule has 0 fully saturated rings. The number of ether oxygens (including phenoxy) is 1. The minimum atomic E-state index is -1.44. The summed E-state index contributed by atoms with van der Waals surface area (Å²) in [6, 6.07) is 8.97. The summed E-state index contributed by atoms with van der Waals surface area (Å²) in [7, 11) is -1.44. The van der Waals surface area contributed by atoms with Crippen molar-refractivity contribution in [1.29, 1.82) is 0 Å². The molecule has 0 saturated heterocycles. The Labute approximate surface area is 193 Å². The van der Waals surface area contributed by atoms with Crippen molar-refractivity contribution in [3.8, 4) is 5.75 Å². The highest BCUT2D eigenvalue weighted by molar-refractivity contribution is 7.89. The Hall–Kier alpha value is -3.13. The summed E-state index contributed by atoms with van der Waals surface area (Å²) in [4.78, 5) is 13.6. The second kappa shape index (κ2) is 7.73. The standard InChI is InChI=1S/C25H25FN2O4S/c1-14(2)12-31-15-8-9-16(17(26)10-15)21-23-19(11-25(3,4)13-33(23)30)27-18-6-5-7-20-22(18)28(21)24(29)32-20/h5-10,21,27H,1,11-13H2,2-4H3. The Morgan fingerprint density at radius 1 is 1.36 bits per heavy atom. The van der Waals surface area contributed by atoms with Crippen molar-refractivity contribution in [2.45, 2.75) is 33.2 Å². The summed E-state index contributed by atoms with van der Waals surface area (Å²) in [6.07, 6.45) is 0.624. The summed E-state index contributed by atoms with van der Waals surface area (Å²) in [5.41, 5.74) is 3.18. The van der Waals surface area contributed by atoms with E-state index in [9.17, 15) is 9.00 Å². The predicted octanol–water partition coefficient (Wildman–Crippen LogP) is 5.09. The molecule has 0 radical (unpaired) electrons. The van der Waals surface area contributed by atoms with Gasteiger partial charge in [0.1, 0.15) is 29.7 Å². The van der Waals surface area contributed by atoms with Crippen molar-refractivity contribution in [1.82, 2.24) is 4.57 Å². The molecular weight excluding hydrogens is 443 g/mol. The lowest BCUT2D eigenvalue weighted by atomic mass is 9.88. The quantitative estimate of drug-likeness (QED) is 0.540. The summed E-state index contributed by atoms with van der Waals surface area (Å²) < 4.78 is 41.6. The van der Waals surface area contributed by atoms with Crippen LogP contribution in [0.2, 0.25) is 0 Å². The molecule has 0 spiro atoms. The average molecular weight is 469 g/mol. The molecule has 2 aromatic carbocycles. The Kier molecular flexibility index (Phi) is 5.08. The SMILES string of the molecule is C=C(C)COc1ccc(C2C3=C(CC(C)(C)CS3=O)Nc3cccc4oc(=O)n2c34)c(F)c1. The Morgan fingerprint density at radius 3 is 2.88 bits per heavy atom. The van der Waals surface area contributed by atoms with Crippen LogP contribution in [-0.2, 0) is 10.8 Å². The smallest absolute Gasteiger partial charge is 0.420 e. The van der Waals surface area contributed by atoms with E-state index in [2.05, 4.69) is 25.7 Å². The fraction of sp³-hybridized carbons (Fsp3) is 0.320. The molecule has 5 rings (SSSR count). The normalized spacial score (nSPS) is 21.3. The van der Waals surface area contributed by atoms with Gasteiger partial charge >= 0.3 is 5.76 Å². The summed E-state index contributed by atoms with van der Waals surface area (Å²) in [6.45, 7) is 10.0. The molecule has 0 amide bonds. The van der Waals surface area contributed by atoms with Crippen LogP contribution in [0, 0.1) is 11.2 Å². The molecule has 0 aliphatic carbocycles. The molecule has 3 aromatic rings. The number of hydrogen-bond donors (Lipinski definition) is 1. The number of benzene rings is 2. The zero-order valence-corrected chi connectivity index (χ0v) is 19.6. The number of oxazole rings is 1. The van der Waals surface area contributed by atoms with Crippen molar-refractivity contribution in [3.63, 3.8) is 0 Å². The number of nitrogens with one attached hydrogen (secondary N) is 1. The fourth-order valence-electron chi connectivity index (χ4n) is 4.59. The van der Waals surface area contributed by atoms with E-state index < -0.39 is 28.4 Å². The second-order valence-electron chi connectivity index (χ2n) is 9.52. The van der Waals surface area contributed by atoms with E-state index >= 15 is 4.39 Å². The molecule has 3 heterocycles. The number of halogens is 1. The molecule has 2 aliphatic rings. The molecule has 8 heteroatoms. The van der Waals surface area contributed by atoms with Crippen molar-refractivity contribution >= 4 is 27.6 Å². The zero-order valence-electron chi connectivity index (χ0n) is 18.7. The first-order valence-electron chi connectivity index (χ1n) is 10.7. The highest BCUT2D eigenvalue weighted by atomic mass is 32.2. The van der Waals surface area contributed by atoms with E-state index in [1.165, 1.54) is 10.6 Å². The number of hydrogen-bond acceptors (Lipinski definition) is 5. The van der Waals surface area contributed by atoms with Crippen LogP contribution in [-0.4, -0.2) is 21.1 Å². The van der Waals surface area contributed by atoms with E-state index in [1.54, 1.807) is 24.3 Å². The van der Waals surface area contributed by atoms with Gasteiger partial charge in [0, 0.05) is 23.1 Å². The van der Waals surface area contributed by atoms with Crippen molar-refractivity contribution in [3.05, 3.63) is 81.1 Å². The van der Waals surface area contributed by atoms with Crippen molar-refractivity contribution < 1.29 is 17.8 Å². The lowest BCUT2D eigenvalue weighted by Gasteiger charge is -2.34. The summed E-state index contributed by atoms with van der Waals surface area (Å²) in [5.74, 6) is -0.399. The lowest BCUT2D eigenvalue weighted by molar-refractivity contribution is 0.350. The fourth-order valence-corrected chi connectivity index (χ4v) is 6.44. The van der Waals surface area contributed by atoms with Gasteiger partial charge in [-0.05, 0) is 48.6 Å². The predicted molar refractivity (Wildman–Crippen MR) is 127 cm³/mol. The third-order valence-electron chi connectivity index (χ3n) is 5.90. The first-order valence-corrected chi connectivity index (χ1v) is 12.1. The number of para-hydroxylation sites is 1. The molecule has 1 N–H and O–H groups in total. The third-order valence-corrected chi connectivity index (χ3v) is 7.90. The molecule has 2 atom stereocenters. The Bertz CT molecular complexity index is 1420. The molecule has 2 aliphatic heterocycles. The Balaban J connectivity index is 1.75. The number of anilines is 1. The van der Waals surface area contributed by atoms with Gasteiger partial charge in [-0.15, -0.1) is 0 Å².